The van der Waals surface area contributed by atoms with Crippen LogP contribution in [0.3, 0.4) is 0 Å². The molecular weight excluding hydrogens is 260 g/mol. The molecule has 0 amide bonds. The van der Waals surface area contributed by atoms with Crippen molar-refractivity contribution in [2.45, 2.75) is 12.8 Å². The fourth-order valence-electron chi connectivity index (χ4n) is 1.38. The van der Waals surface area contributed by atoms with Crippen molar-refractivity contribution in [3.8, 4) is 0 Å². The molecule has 0 saturated heterocycles. The van der Waals surface area contributed by atoms with E-state index in [9.17, 15) is 4.79 Å². The SMILES string of the molecule is O=C(O)CCc1nc2ccc(Br)cc2[nH]1. The number of carboxylic acids is 1. The lowest BCUT2D eigenvalue weighted by Gasteiger charge is -1.90. The minimum atomic E-state index is -0.809. The van der Waals surface area contributed by atoms with Gasteiger partial charge in [-0.05, 0) is 18.2 Å². The number of aromatic amines is 1. The normalized spacial score (nSPS) is 10.7. The summed E-state index contributed by atoms with van der Waals surface area (Å²) in [6.07, 6.45) is 0.530. The highest BCUT2D eigenvalue weighted by atomic mass is 79.9. The van der Waals surface area contributed by atoms with Crippen LogP contribution in [0.1, 0.15) is 12.2 Å². The number of carboxylic acid groups (broad SMARTS) is 1. The molecule has 0 aliphatic rings. The zero-order valence-corrected chi connectivity index (χ0v) is 9.41. The molecule has 1 aromatic carbocycles. The van der Waals surface area contributed by atoms with Crippen LogP contribution in [0.5, 0.6) is 0 Å². The summed E-state index contributed by atoms with van der Waals surface area (Å²) in [4.78, 5) is 17.8. The van der Waals surface area contributed by atoms with Crippen LogP contribution in [0.4, 0.5) is 0 Å². The molecule has 4 nitrogen and oxygen atoms in total. The monoisotopic (exact) mass is 268 g/mol. The second-order valence-corrected chi connectivity index (χ2v) is 4.15. The molecule has 0 bridgehead atoms. The molecule has 2 N–H and O–H groups in total. The second kappa shape index (κ2) is 4.02. The van der Waals surface area contributed by atoms with Gasteiger partial charge in [0.15, 0.2) is 0 Å². The number of aromatic nitrogens is 2. The van der Waals surface area contributed by atoms with Crippen LogP contribution in [0, 0.1) is 0 Å². The summed E-state index contributed by atoms with van der Waals surface area (Å²) < 4.78 is 0.975. The molecule has 1 heterocycles. The number of hydrogen-bond donors (Lipinski definition) is 2. The average Bonchev–Trinajstić information content (AvgIpc) is 2.56. The van der Waals surface area contributed by atoms with E-state index in [2.05, 4.69) is 25.9 Å². The maximum Gasteiger partial charge on any atom is 0.303 e. The lowest BCUT2D eigenvalue weighted by Crippen LogP contribution is -1.98. The first-order chi connectivity index (χ1) is 7.15. The van der Waals surface area contributed by atoms with Crippen LogP contribution >= 0.6 is 15.9 Å². The number of rotatable bonds is 3. The molecule has 5 heteroatoms. The standard InChI is InChI=1S/C10H9BrN2O2/c11-6-1-2-7-8(5-6)13-9(12-7)3-4-10(14)15/h1-2,5H,3-4H2,(H,12,13)(H,14,15). The predicted molar refractivity (Wildman–Crippen MR) is 59.8 cm³/mol. The first-order valence-electron chi connectivity index (χ1n) is 4.51. The third-order valence-corrected chi connectivity index (χ3v) is 2.56. The molecule has 2 rings (SSSR count). The molecular formula is C10H9BrN2O2. The topological polar surface area (TPSA) is 66.0 Å². The van der Waals surface area contributed by atoms with Crippen LogP contribution in [0.15, 0.2) is 22.7 Å². The van der Waals surface area contributed by atoms with Gasteiger partial charge in [0.05, 0.1) is 17.5 Å². The quantitative estimate of drug-likeness (QED) is 0.898. The Kier molecular flexibility index (Phi) is 2.73. The van der Waals surface area contributed by atoms with Gasteiger partial charge in [-0.25, -0.2) is 4.98 Å². The fraction of sp³-hybridized carbons (Fsp3) is 0.200. The van der Waals surface area contributed by atoms with E-state index in [0.29, 0.717) is 12.2 Å². The van der Waals surface area contributed by atoms with Gasteiger partial charge in [-0.15, -0.1) is 0 Å². The number of H-pyrrole nitrogens is 1. The summed E-state index contributed by atoms with van der Waals surface area (Å²) in [5.74, 6) is -0.0952. The van der Waals surface area contributed by atoms with Crippen molar-refractivity contribution in [2.75, 3.05) is 0 Å². The third kappa shape index (κ3) is 2.36. The lowest BCUT2D eigenvalue weighted by molar-refractivity contribution is -0.137. The van der Waals surface area contributed by atoms with Crippen molar-refractivity contribution in [1.29, 1.82) is 0 Å². The van der Waals surface area contributed by atoms with Crippen LogP contribution in [0.25, 0.3) is 11.0 Å². The smallest absolute Gasteiger partial charge is 0.303 e. The molecule has 0 aliphatic carbocycles. The predicted octanol–water partition coefficient (Wildman–Crippen LogP) is 2.34. The van der Waals surface area contributed by atoms with Crippen molar-refractivity contribution in [1.82, 2.24) is 9.97 Å². The minimum absolute atomic E-state index is 0.0982. The van der Waals surface area contributed by atoms with E-state index < -0.39 is 5.97 Å². The van der Waals surface area contributed by atoms with Crippen LogP contribution in [-0.2, 0) is 11.2 Å². The van der Waals surface area contributed by atoms with E-state index >= 15 is 0 Å². The zero-order valence-electron chi connectivity index (χ0n) is 7.83. The molecule has 0 radical (unpaired) electrons. The number of benzene rings is 1. The van der Waals surface area contributed by atoms with Gasteiger partial charge in [0.25, 0.3) is 0 Å². The number of fused-ring (bicyclic) bond motifs is 1. The average molecular weight is 269 g/mol. The number of halogens is 1. The summed E-state index contributed by atoms with van der Waals surface area (Å²) in [5, 5.41) is 8.54. The number of aliphatic carboxylic acids is 1. The zero-order chi connectivity index (χ0) is 10.8. The summed E-state index contributed by atoms with van der Waals surface area (Å²) in [6, 6.07) is 5.72. The number of nitrogens with zero attached hydrogens (tertiary/aromatic N) is 1. The Balaban J connectivity index is 2.27. The van der Waals surface area contributed by atoms with Gasteiger partial charge < -0.3 is 10.1 Å². The Morgan fingerprint density at radius 2 is 2.33 bits per heavy atom. The van der Waals surface area contributed by atoms with Gasteiger partial charge in [0.2, 0.25) is 0 Å². The first kappa shape index (κ1) is 10.2. The summed E-state index contributed by atoms with van der Waals surface area (Å²) in [6.45, 7) is 0. The van der Waals surface area contributed by atoms with Crippen LogP contribution in [0.2, 0.25) is 0 Å². The number of carbonyl (C=O) groups is 1. The molecule has 0 unspecified atom stereocenters. The Bertz CT molecular complexity index is 507. The van der Waals surface area contributed by atoms with Gasteiger partial charge in [-0.3, -0.25) is 4.79 Å². The molecule has 1 aromatic heterocycles. The fourth-order valence-corrected chi connectivity index (χ4v) is 1.74. The molecule has 0 aliphatic heterocycles. The van der Waals surface area contributed by atoms with Gasteiger partial charge in [-0.2, -0.15) is 0 Å². The lowest BCUT2D eigenvalue weighted by atomic mass is 10.3. The number of nitrogens with one attached hydrogen (secondary N) is 1. The Morgan fingerprint density at radius 3 is 3.07 bits per heavy atom. The molecule has 0 atom stereocenters. The van der Waals surface area contributed by atoms with E-state index in [1.165, 1.54) is 0 Å². The maximum atomic E-state index is 10.4. The summed E-state index contributed by atoms with van der Waals surface area (Å²) in [5.41, 5.74) is 1.78. The molecule has 0 fully saturated rings. The first-order valence-corrected chi connectivity index (χ1v) is 5.30. The van der Waals surface area contributed by atoms with Crippen molar-refractivity contribution in [3.63, 3.8) is 0 Å². The van der Waals surface area contributed by atoms with E-state index in [1.54, 1.807) is 0 Å². The van der Waals surface area contributed by atoms with Crippen molar-refractivity contribution < 1.29 is 9.90 Å². The summed E-state index contributed by atoms with van der Waals surface area (Å²) in [7, 11) is 0. The molecule has 15 heavy (non-hydrogen) atoms. The van der Waals surface area contributed by atoms with E-state index in [0.717, 1.165) is 15.5 Å². The van der Waals surface area contributed by atoms with Crippen molar-refractivity contribution >= 4 is 32.9 Å². The third-order valence-electron chi connectivity index (χ3n) is 2.07. The summed E-state index contributed by atoms with van der Waals surface area (Å²) >= 11 is 3.36. The number of aryl methyl sites for hydroxylation is 1. The molecule has 78 valence electrons. The van der Waals surface area contributed by atoms with E-state index in [-0.39, 0.29) is 6.42 Å². The van der Waals surface area contributed by atoms with Gasteiger partial charge in [0.1, 0.15) is 5.82 Å². The van der Waals surface area contributed by atoms with E-state index in [1.807, 2.05) is 18.2 Å². The highest BCUT2D eigenvalue weighted by Gasteiger charge is 2.05. The number of imidazole rings is 1. The largest absolute Gasteiger partial charge is 0.481 e. The van der Waals surface area contributed by atoms with Crippen molar-refractivity contribution in [2.24, 2.45) is 0 Å². The molecule has 0 saturated carbocycles. The Hall–Kier alpha value is -1.36. The second-order valence-electron chi connectivity index (χ2n) is 3.24. The van der Waals surface area contributed by atoms with Crippen LogP contribution in [-0.4, -0.2) is 21.0 Å². The minimum Gasteiger partial charge on any atom is -0.481 e. The Morgan fingerprint density at radius 1 is 1.53 bits per heavy atom. The molecule has 0 spiro atoms. The number of hydrogen-bond acceptors (Lipinski definition) is 2. The van der Waals surface area contributed by atoms with E-state index in [4.69, 9.17) is 5.11 Å². The van der Waals surface area contributed by atoms with Gasteiger partial charge >= 0.3 is 5.97 Å². The molecule has 2 aromatic rings. The van der Waals surface area contributed by atoms with Gasteiger partial charge in [-0.1, -0.05) is 15.9 Å². The van der Waals surface area contributed by atoms with Crippen LogP contribution < -0.4 is 0 Å². The highest BCUT2D eigenvalue weighted by molar-refractivity contribution is 9.10. The highest BCUT2D eigenvalue weighted by Crippen LogP contribution is 2.18. The maximum absolute atomic E-state index is 10.4. The van der Waals surface area contributed by atoms with Gasteiger partial charge in [0, 0.05) is 10.9 Å². The Labute approximate surface area is 94.5 Å². The van der Waals surface area contributed by atoms with Crippen molar-refractivity contribution in [3.05, 3.63) is 28.5 Å².